The van der Waals surface area contributed by atoms with E-state index in [9.17, 15) is 9.59 Å². The van der Waals surface area contributed by atoms with Gasteiger partial charge < -0.3 is 14.8 Å². The van der Waals surface area contributed by atoms with Crippen molar-refractivity contribution in [2.45, 2.75) is 13.0 Å². The molecule has 1 amide bonds. The van der Waals surface area contributed by atoms with Crippen molar-refractivity contribution >= 4 is 51.7 Å². The fourth-order valence-electron chi connectivity index (χ4n) is 4.31. The number of nitrogens with one attached hydrogen (secondary N) is 1. The molecule has 0 bridgehead atoms. The molecule has 0 spiro atoms. The highest BCUT2D eigenvalue weighted by Gasteiger charge is 2.32. The van der Waals surface area contributed by atoms with Crippen LogP contribution in [-0.4, -0.2) is 37.8 Å². The molecule has 1 N–H and O–H groups in total. The molecule has 6 rings (SSSR count). The van der Waals surface area contributed by atoms with Crippen molar-refractivity contribution in [3.05, 3.63) is 105 Å². The maximum absolute atomic E-state index is 13.5. The molecule has 8 nitrogen and oxygen atoms in total. The summed E-state index contributed by atoms with van der Waals surface area (Å²) >= 11 is 6.71. The third-order valence-corrected chi connectivity index (χ3v) is 7.66. The Hall–Kier alpha value is -4.15. The fraction of sp³-hybridized carbons (Fsp3) is 0.143. The van der Waals surface area contributed by atoms with E-state index in [1.165, 1.54) is 16.2 Å². The van der Waals surface area contributed by atoms with Crippen molar-refractivity contribution < 1.29 is 14.3 Å². The number of thiocarbonyl (C=S) groups is 1. The van der Waals surface area contributed by atoms with Crippen LogP contribution in [0.3, 0.4) is 0 Å². The lowest BCUT2D eigenvalue weighted by molar-refractivity contribution is -0.122. The van der Waals surface area contributed by atoms with Crippen molar-refractivity contribution in [1.29, 1.82) is 0 Å². The molecule has 0 atom stereocenters. The molecule has 0 saturated carbocycles. The molecule has 1 saturated heterocycles. The van der Waals surface area contributed by atoms with Crippen molar-refractivity contribution in [3.8, 4) is 11.5 Å². The number of thioether (sulfide) groups is 1. The number of fused-ring (bicyclic) bond motifs is 2. The van der Waals surface area contributed by atoms with E-state index in [4.69, 9.17) is 21.7 Å². The minimum atomic E-state index is -0.279. The zero-order valence-electron chi connectivity index (χ0n) is 20.1. The van der Waals surface area contributed by atoms with Crippen LogP contribution in [0.5, 0.6) is 11.5 Å². The average Bonchev–Trinajstić information content (AvgIpc) is 3.51. The molecule has 2 aliphatic heterocycles. The van der Waals surface area contributed by atoms with Crippen LogP contribution >= 0.6 is 24.0 Å². The largest absolute Gasteiger partial charge is 0.454 e. The summed E-state index contributed by atoms with van der Waals surface area (Å²) < 4.78 is 12.8. The Morgan fingerprint density at radius 3 is 2.68 bits per heavy atom. The minimum absolute atomic E-state index is 0.197. The van der Waals surface area contributed by atoms with E-state index in [0.29, 0.717) is 51.7 Å². The van der Waals surface area contributed by atoms with Crippen LogP contribution in [0.2, 0.25) is 0 Å². The lowest BCUT2D eigenvalue weighted by Crippen LogP contribution is -2.30. The number of benzene rings is 2. The van der Waals surface area contributed by atoms with Gasteiger partial charge in [-0.25, -0.2) is 4.98 Å². The first kappa shape index (κ1) is 24.2. The third kappa shape index (κ3) is 4.75. The van der Waals surface area contributed by atoms with Gasteiger partial charge in [0, 0.05) is 19.3 Å². The van der Waals surface area contributed by atoms with Gasteiger partial charge in [-0.1, -0.05) is 66.4 Å². The number of aromatic nitrogens is 2. The molecule has 1 fully saturated rings. The number of ether oxygens (including phenoxy) is 2. The lowest BCUT2D eigenvalue weighted by Gasteiger charge is -2.14. The fourth-order valence-corrected chi connectivity index (χ4v) is 5.60. The van der Waals surface area contributed by atoms with E-state index in [1.54, 1.807) is 29.3 Å². The second-order valence-electron chi connectivity index (χ2n) is 8.72. The predicted octanol–water partition coefficient (Wildman–Crippen LogP) is 4.48. The summed E-state index contributed by atoms with van der Waals surface area (Å²) in [4.78, 5) is 33.5. The van der Waals surface area contributed by atoms with Gasteiger partial charge in [0.25, 0.3) is 11.5 Å². The highest BCUT2D eigenvalue weighted by molar-refractivity contribution is 8.26. The Bertz CT molecular complexity index is 1650. The van der Waals surface area contributed by atoms with Gasteiger partial charge in [0.05, 0.1) is 10.5 Å². The molecule has 4 heterocycles. The molecule has 0 unspecified atom stereocenters. The molecule has 4 aromatic rings. The molecule has 10 heteroatoms. The van der Waals surface area contributed by atoms with Crippen LogP contribution in [-0.2, 0) is 17.8 Å². The van der Waals surface area contributed by atoms with Crippen LogP contribution < -0.4 is 20.3 Å². The Morgan fingerprint density at radius 2 is 1.82 bits per heavy atom. The summed E-state index contributed by atoms with van der Waals surface area (Å²) in [6, 6.07) is 21.0. The van der Waals surface area contributed by atoms with E-state index in [0.717, 1.165) is 11.1 Å². The topological polar surface area (TPSA) is 85.2 Å². The molecule has 2 aromatic carbocycles. The van der Waals surface area contributed by atoms with Gasteiger partial charge >= 0.3 is 0 Å². The van der Waals surface area contributed by atoms with Crippen molar-refractivity contribution in [3.63, 3.8) is 0 Å². The van der Waals surface area contributed by atoms with Crippen LogP contribution in [0.25, 0.3) is 11.7 Å². The van der Waals surface area contributed by atoms with Crippen LogP contribution in [0, 0.1) is 0 Å². The molecule has 2 aliphatic rings. The van der Waals surface area contributed by atoms with E-state index in [2.05, 4.69) is 10.3 Å². The number of carbonyl (C=O) groups excluding carboxylic acids is 1. The molecule has 190 valence electrons. The van der Waals surface area contributed by atoms with Gasteiger partial charge in [-0.05, 0) is 47.9 Å². The first-order valence-electron chi connectivity index (χ1n) is 12.0. The number of hydrogen-bond acceptors (Lipinski definition) is 8. The summed E-state index contributed by atoms with van der Waals surface area (Å²) in [5, 5.41) is 3.28. The smallest absolute Gasteiger partial charge is 0.267 e. The second-order valence-corrected chi connectivity index (χ2v) is 10.4. The molecule has 2 aromatic heterocycles. The van der Waals surface area contributed by atoms with E-state index < -0.39 is 0 Å². The van der Waals surface area contributed by atoms with Gasteiger partial charge in [-0.2, -0.15) is 0 Å². The predicted molar refractivity (Wildman–Crippen MR) is 151 cm³/mol. The van der Waals surface area contributed by atoms with E-state index >= 15 is 0 Å². The summed E-state index contributed by atoms with van der Waals surface area (Å²) in [6.45, 7) is 1.06. The van der Waals surface area contributed by atoms with Crippen molar-refractivity contribution in [1.82, 2.24) is 14.3 Å². The molecular weight excluding hydrogens is 520 g/mol. The number of hydrogen-bond donors (Lipinski definition) is 1. The summed E-state index contributed by atoms with van der Waals surface area (Å²) in [5.41, 5.74) is 2.56. The molecule has 0 aliphatic carbocycles. The zero-order valence-corrected chi connectivity index (χ0v) is 21.8. The van der Waals surface area contributed by atoms with Gasteiger partial charge in [0.15, 0.2) is 11.5 Å². The van der Waals surface area contributed by atoms with Gasteiger partial charge in [0.2, 0.25) is 6.79 Å². The first-order chi connectivity index (χ1) is 18.6. The van der Waals surface area contributed by atoms with Gasteiger partial charge in [0.1, 0.15) is 15.8 Å². The minimum Gasteiger partial charge on any atom is -0.454 e. The van der Waals surface area contributed by atoms with Crippen LogP contribution in [0.4, 0.5) is 5.82 Å². The van der Waals surface area contributed by atoms with Crippen molar-refractivity contribution in [2.75, 3.05) is 18.7 Å². The quantitative estimate of drug-likeness (QED) is 0.270. The van der Waals surface area contributed by atoms with Gasteiger partial charge in [-0.3, -0.25) is 18.9 Å². The monoisotopic (exact) mass is 542 g/mol. The maximum Gasteiger partial charge on any atom is 0.267 e. The van der Waals surface area contributed by atoms with Crippen LogP contribution in [0.1, 0.15) is 16.7 Å². The Balaban J connectivity index is 1.30. The molecular formula is C28H22N4O4S2. The highest BCUT2D eigenvalue weighted by Crippen LogP contribution is 2.34. The number of rotatable bonds is 7. The zero-order chi connectivity index (χ0) is 26.1. The SMILES string of the molecule is O=C1C(=Cc2c(NCc3ccc4c(c3)OCO4)nc3ccccn3c2=O)SC(=S)N1CCc1ccccc1. The number of pyridine rings is 1. The first-order valence-corrected chi connectivity index (χ1v) is 13.2. The second kappa shape index (κ2) is 10.3. The Morgan fingerprint density at radius 1 is 1.00 bits per heavy atom. The van der Waals surface area contributed by atoms with Crippen LogP contribution in [0.15, 0.2) is 82.6 Å². The highest BCUT2D eigenvalue weighted by atomic mass is 32.2. The van der Waals surface area contributed by atoms with Gasteiger partial charge in [-0.15, -0.1) is 0 Å². The normalized spacial score (nSPS) is 15.6. The molecule has 0 radical (unpaired) electrons. The molecule has 38 heavy (non-hydrogen) atoms. The summed E-state index contributed by atoms with van der Waals surface area (Å²) in [7, 11) is 0. The Kier molecular flexibility index (Phi) is 6.57. The van der Waals surface area contributed by atoms with E-state index in [1.807, 2.05) is 54.6 Å². The summed E-state index contributed by atoms with van der Waals surface area (Å²) in [5.74, 6) is 1.55. The van der Waals surface area contributed by atoms with E-state index in [-0.39, 0.29) is 23.8 Å². The number of amides is 1. The average molecular weight is 543 g/mol. The number of carbonyl (C=O) groups is 1. The lowest BCUT2D eigenvalue weighted by atomic mass is 10.1. The summed E-state index contributed by atoms with van der Waals surface area (Å²) in [6.07, 6.45) is 3.94. The maximum atomic E-state index is 13.5. The number of nitrogens with zero attached hydrogens (tertiary/aromatic N) is 3. The number of anilines is 1. The Labute approximate surface area is 227 Å². The van der Waals surface area contributed by atoms with Crippen molar-refractivity contribution in [2.24, 2.45) is 0 Å². The third-order valence-electron chi connectivity index (χ3n) is 6.28. The standard InChI is InChI=1S/C28H22N4O4S2/c33-26-20(15-23-27(34)32(28(37)38-23)13-11-18-6-2-1-3-7-18)25(30-24-8-4-5-12-31(24)26)29-16-19-9-10-21-22(14-19)36-17-35-21/h1-10,12,14-15,29H,11,13,16-17H2.